The zero-order valence-electron chi connectivity index (χ0n) is 12.3. The Balaban J connectivity index is 1.76. The minimum Gasteiger partial charge on any atom is -0.335 e. The standard InChI is InChI=1S/C17H17BrClNOS/c1-11(12-2-4-13(19)5-3-12)10-20(14-6-7-14)17(21)15-8-9-22-16(15)18/h2-5,8-9,11,14H,6-7,10H2,1H3. The van der Waals surface area contributed by atoms with Gasteiger partial charge in [-0.3, -0.25) is 4.79 Å². The van der Waals surface area contributed by atoms with Gasteiger partial charge in [0.15, 0.2) is 0 Å². The summed E-state index contributed by atoms with van der Waals surface area (Å²) in [6.07, 6.45) is 2.22. The number of nitrogens with zero attached hydrogens (tertiary/aromatic N) is 1. The Hall–Kier alpha value is -0.840. The summed E-state index contributed by atoms with van der Waals surface area (Å²) in [6, 6.07) is 10.2. The Kier molecular flexibility index (Phi) is 4.91. The summed E-state index contributed by atoms with van der Waals surface area (Å²) < 4.78 is 0.919. The number of amides is 1. The summed E-state index contributed by atoms with van der Waals surface area (Å²) in [7, 11) is 0. The van der Waals surface area contributed by atoms with Gasteiger partial charge in [-0.2, -0.15) is 0 Å². The number of rotatable bonds is 5. The Morgan fingerprint density at radius 2 is 2.05 bits per heavy atom. The SMILES string of the molecule is CC(CN(C(=O)c1ccsc1Br)C1CC1)c1ccc(Cl)cc1. The Labute approximate surface area is 148 Å². The first-order valence-electron chi connectivity index (χ1n) is 7.35. The topological polar surface area (TPSA) is 20.3 Å². The molecule has 1 amide bonds. The summed E-state index contributed by atoms with van der Waals surface area (Å²) in [4.78, 5) is 14.8. The van der Waals surface area contributed by atoms with Crippen molar-refractivity contribution in [1.82, 2.24) is 4.90 Å². The Morgan fingerprint density at radius 3 is 2.59 bits per heavy atom. The third kappa shape index (κ3) is 3.55. The van der Waals surface area contributed by atoms with Gasteiger partial charge in [-0.1, -0.05) is 30.7 Å². The normalized spacial score (nSPS) is 15.6. The predicted octanol–water partition coefficient (Wildman–Crippen LogP) is 5.57. The Morgan fingerprint density at radius 1 is 1.36 bits per heavy atom. The third-order valence-corrected chi connectivity index (χ3v) is 5.95. The van der Waals surface area contributed by atoms with Gasteiger partial charge in [0.1, 0.15) is 0 Å². The monoisotopic (exact) mass is 397 g/mol. The van der Waals surface area contributed by atoms with E-state index in [1.165, 1.54) is 5.56 Å². The molecule has 0 radical (unpaired) electrons. The quantitative estimate of drug-likeness (QED) is 0.644. The molecule has 0 aliphatic heterocycles. The van der Waals surface area contributed by atoms with Gasteiger partial charge in [0, 0.05) is 17.6 Å². The minimum atomic E-state index is 0.136. The van der Waals surface area contributed by atoms with Crippen LogP contribution >= 0.6 is 38.9 Å². The molecule has 2 aromatic rings. The van der Waals surface area contributed by atoms with Gasteiger partial charge in [0.05, 0.1) is 9.35 Å². The maximum Gasteiger partial charge on any atom is 0.256 e. The van der Waals surface area contributed by atoms with Crippen molar-refractivity contribution in [3.05, 3.63) is 55.6 Å². The van der Waals surface area contributed by atoms with Crippen molar-refractivity contribution < 1.29 is 4.79 Å². The smallest absolute Gasteiger partial charge is 0.256 e. The molecule has 1 aliphatic carbocycles. The zero-order chi connectivity index (χ0) is 15.7. The lowest BCUT2D eigenvalue weighted by Gasteiger charge is -2.26. The van der Waals surface area contributed by atoms with Gasteiger partial charge in [-0.15, -0.1) is 11.3 Å². The maximum absolute atomic E-state index is 12.8. The second-order valence-corrected chi connectivity index (χ2v) is 8.42. The number of carbonyl (C=O) groups is 1. The van der Waals surface area contributed by atoms with E-state index in [0.717, 1.165) is 33.8 Å². The molecule has 0 bridgehead atoms. The minimum absolute atomic E-state index is 0.136. The van der Waals surface area contributed by atoms with Crippen molar-refractivity contribution in [3.8, 4) is 0 Å². The van der Waals surface area contributed by atoms with E-state index in [1.807, 2.05) is 40.6 Å². The molecule has 1 saturated carbocycles. The van der Waals surface area contributed by atoms with Crippen LogP contribution in [0.1, 0.15) is 41.6 Å². The molecule has 0 saturated heterocycles. The molecule has 1 aliphatic rings. The van der Waals surface area contributed by atoms with Crippen LogP contribution in [0.15, 0.2) is 39.5 Å². The highest BCUT2D eigenvalue weighted by molar-refractivity contribution is 9.11. The summed E-state index contributed by atoms with van der Waals surface area (Å²) in [6.45, 7) is 2.90. The predicted molar refractivity (Wildman–Crippen MR) is 95.9 cm³/mol. The van der Waals surface area contributed by atoms with Gasteiger partial charge in [0.2, 0.25) is 0 Å². The van der Waals surface area contributed by atoms with Crippen molar-refractivity contribution in [1.29, 1.82) is 0 Å². The lowest BCUT2D eigenvalue weighted by molar-refractivity contribution is 0.0734. The van der Waals surface area contributed by atoms with Crippen LogP contribution in [-0.2, 0) is 0 Å². The van der Waals surface area contributed by atoms with Gasteiger partial charge in [-0.25, -0.2) is 0 Å². The van der Waals surface area contributed by atoms with E-state index in [1.54, 1.807) is 11.3 Å². The molecule has 1 aromatic carbocycles. The van der Waals surface area contributed by atoms with E-state index in [0.29, 0.717) is 12.0 Å². The van der Waals surface area contributed by atoms with Gasteiger partial charge in [-0.05, 0) is 63.8 Å². The molecule has 116 valence electrons. The molecule has 5 heteroatoms. The lowest BCUT2D eigenvalue weighted by Crippen LogP contribution is -2.36. The van der Waals surface area contributed by atoms with Gasteiger partial charge in [0.25, 0.3) is 5.91 Å². The van der Waals surface area contributed by atoms with Crippen molar-refractivity contribution >= 4 is 44.8 Å². The molecule has 0 spiro atoms. The van der Waals surface area contributed by atoms with Crippen LogP contribution in [0.3, 0.4) is 0 Å². The van der Waals surface area contributed by atoms with Crippen LogP contribution in [0, 0.1) is 0 Å². The van der Waals surface area contributed by atoms with E-state index in [-0.39, 0.29) is 5.91 Å². The average molecular weight is 399 g/mol. The van der Waals surface area contributed by atoms with Crippen LogP contribution in [-0.4, -0.2) is 23.4 Å². The average Bonchev–Trinajstić information content (AvgIpc) is 3.26. The van der Waals surface area contributed by atoms with E-state index in [2.05, 4.69) is 22.9 Å². The molecule has 1 atom stereocenters. The van der Waals surface area contributed by atoms with Gasteiger partial charge < -0.3 is 4.90 Å². The van der Waals surface area contributed by atoms with Crippen molar-refractivity contribution in [2.45, 2.75) is 31.7 Å². The van der Waals surface area contributed by atoms with Crippen LogP contribution in [0.2, 0.25) is 5.02 Å². The molecule has 1 heterocycles. The summed E-state index contributed by atoms with van der Waals surface area (Å²) in [5.41, 5.74) is 1.99. The fraction of sp³-hybridized carbons (Fsp3) is 0.353. The van der Waals surface area contributed by atoms with Crippen LogP contribution in [0.5, 0.6) is 0 Å². The molecular weight excluding hydrogens is 382 g/mol. The fourth-order valence-electron chi connectivity index (χ4n) is 2.58. The molecule has 1 fully saturated rings. The largest absolute Gasteiger partial charge is 0.335 e. The number of benzene rings is 1. The highest BCUT2D eigenvalue weighted by Gasteiger charge is 2.34. The number of hydrogen-bond donors (Lipinski definition) is 0. The molecule has 0 N–H and O–H groups in total. The van der Waals surface area contributed by atoms with Gasteiger partial charge >= 0.3 is 0 Å². The first-order valence-corrected chi connectivity index (χ1v) is 9.40. The van der Waals surface area contributed by atoms with Crippen molar-refractivity contribution in [2.75, 3.05) is 6.54 Å². The van der Waals surface area contributed by atoms with Crippen molar-refractivity contribution in [3.63, 3.8) is 0 Å². The fourth-order valence-corrected chi connectivity index (χ4v) is 3.93. The zero-order valence-corrected chi connectivity index (χ0v) is 15.4. The van der Waals surface area contributed by atoms with Crippen LogP contribution in [0.4, 0.5) is 0 Å². The van der Waals surface area contributed by atoms with E-state index in [4.69, 9.17) is 11.6 Å². The number of halogens is 2. The lowest BCUT2D eigenvalue weighted by atomic mass is 10.0. The highest BCUT2D eigenvalue weighted by Crippen LogP contribution is 2.33. The second kappa shape index (κ2) is 6.73. The highest BCUT2D eigenvalue weighted by atomic mass is 79.9. The second-order valence-electron chi connectivity index (χ2n) is 5.75. The van der Waals surface area contributed by atoms with Crippen LogP contribution in [0.25, 0.3) is 0 Å². The first kappa shape index (κ1) is 16.0. The molecule has 3 rings (SSSR count). The van der Waals surface area contributed by atoms with Crippen LogP contribution < -0.4 is 0 Å². The molecule has 1 aromatic heterocycles. The molecule has 22 heavy (non-hydrogen) atoms. The third-order valence-electron chi connectivity index (χ3n) is 4.01. The summed E-state index contributed by atoms with van der Waals surface area (Å²) >= 11 is 11.0. The van der Waals surface area contributed by atoms with E-state index < -0.39 is 0 Å². The van der Waals surface area contributed by atoms with E-state index in [9.17, 15) is 4.79 Å². The summed E-state index contributed by atoms with van der Waals surface area (Å²) in [5, 5.41) is 2.69. The number of thiophene rings is 1. The molecule has 1 unspecified atom stereocenters. The molecule has 2 nitrogen and oxygen atoms in total. The first-order chi connectivity index (χ1) is 10.6. The van der Waals surface area contributed by atoms with Crippen molar-refractivity contribution in [2.24, 2.45) is 0 Å². The Bertz CT molecular complexity index is 666. The number of hydrogen-bond acceptors (Lipinski definition) is 2. The molecular formula is C17H17BrClNOS. The maximum atomic E-state index is 12.8. The summed E-state index contributed by atoms with van der Waals surface area (Å²) in [5.74, 6) is 0.427. The van der Waals surface area contributed by atoms with E-state index >= 15 is 0 Å². The number of carbonyl (C=O) groups excluding carboxylic acids is 1.